The lowest BCUT2D eigenvalue weighted by Crippen LogP contribution is -2.31. The van der Waals surface area contributed by atoms with E-state index in [1.807, 2.05) is 30.3 Å². The Bertz CT molecular complexity index is 951. The number of hydrogen-bond acceptors (Lipinski definition) is 3. The molecule has 4 nitrogen and oxygen atoms in total. The van der Waals surface area contributed by atoms with Gasteiger partial charge < -0.3 is 9.64 Å². The second-order valence-electron chi connectivity index (χ2n) is 6.50. The third-order valence-electron chi connectivity index (χ3n) is 4.24. The van der Waals surface area contributed by atoms with E-state index in [9.17, 15) is 14.0 Å². The highest BCUT2D eigenvalue weighted by atomic mass is 19.1. The van der Waals surface area contributed by atoms with Gasteiger partial charge in [-0.15, -0.1) is 0 Å². The predicted molar refractivity (Wildman–Crippen MR) is 105 cm³/mol. The molecule has 0 aliphatic carbocycles. The quantitative estimate of drug-likeness (QED) is 0.603. The van der Waals surface area contributed by atoms with E-state index in [0.717, 1.165) is 5.56 Å². The summed E-state index contributed by atoms with van der Waals surface area (Å²) in [6, 6.07) is 21.2. The number of carbonyl (C=O) groups excluding carboxylic acids is 2. The highest BCUT2D eigenvalue weighted by molar-refractivity contribution is 6.09. The Morgan fingerprint density at radius 2 is 1.36 bits per heavy atom. The zero-order chi connectivity index (χ0) is 20.1. The van der Waals surface area contributed by atoms with Gasteiger partial charge in [-0.25, -0.2) is 4.39 Å². The summed E-state index contributed by atoms with van der Waals surface area (Å²) in [6.07, 6.45) is -0.783. The van der Waals surface area contributed by atoms with Crippen LogP contribution in [0.15, 0.2) is 78.9 Å². The fourth-order valence-corrected chi connectivity index (χ4v) is 2.71. The molecule has 3 aromatic rings. The number of benzene rings is 3. The molecule has 142 valence electrons. The normalized spacial score (nSPS) is 11.5. The molecule has 0 bridgehead atoms. The van der Waals surface area contributed by atoms with Gasteiger partial charge >= 0.3 is 0 Å². The van der Waals surface area contributed by atoms with E-state index in [0.29, 0.717) is 16.9 Å². The number of ketones is 1. The average Bonchev–Trinajstić information content (AvgIpc) is 2.72. The first-order valence-electron chi connectivity index (χ1n) is 8.79. The molecule has 3 rings (SSSR count). The molecular weight excluding hydrogens is 357 g/mol. The Morgan fingerprint density at radius 1 is 0.821 bits per heavy atom. The van der Waals surface area contributed by atoms with Crippen molar-refractivity contribution < 1.29 is 18.7 Å². The van der Waals surface area contributed by atoms with Crippen molar-refractivity contribution in [1.29, 1.82) is 0 Å². The fourth-order valence-electron chi connectivity index (χ4n) is 2.71. The molecule has 5 heteroatoms. The molecule has 1 atom stereocenters. The Morgan fingerprint density at radius 3 is 1.89 bits per heavy atom. The lowest BCUT2D eigenvalue weighted by molar-refractivity contribution is -0.136. The van der Waals surface area contributed by atoms with E-state index < -0.39 is 11.9 Å². The van der Waals surface area contributed by atoms with Crippen molar-refractivity contribution >= 4 is 11.7 Å². The van der Waals surface area contributed by atoms with E-state index in [4.69, 9.17) is 4.74 Å². The monoisotopic (exact) mass is 377 g/mol. The molecule has 0 aliphatic heterocycles. The van der Waals surface area contributed by atoms with Crippen molar-refractivity contribution in [3.63, 3.8) is 0 Å². The largest absolute Gasteiger partial charge is 0.476 e. The van der Waals surface area contributed by atoms with Crippen LogP contribution in [-0.2, 0) is 4.79 Å². The average molecular weight is 377 g/mol. The third-order valence-corrected chi connectivity index (χ3v) is 4.24. The standard InChI is InChI=1S/C23H20FNO3/c1-25(2)23(27)22(18-6-4-3-5-7-18)28-20-14-10-17(11-15-20)21(26)16-8-12-19(24)13-9-16/h3-15,22H,1-2H3/t22-/m1/s1. The molecular formula is C23H20FNO3. The SMILES string of the molecule is CN(C)C(=O)[C@H](Oc1ccc(C(=O)c2ccc(F)cc2)cc1)c1ccccc1. The number of rotatable bonds is 6. The maximum absolute atomic E-state index is 13.0. The summed E-state index contributed by atoms with van der Waals surface area (Å²) >= 11 is 0. The predicted octanol–water partition coefficient (Wildman–Crippen LogP) is 4.27. The van der Waals surface area contributed by atoms with Gasteiger partial charge in [0.25, 0.3) is 5.91 Å². The minimum absolute atomic E-state index is 0.183. The third kappa shape index (κ3) is 4.43. The van der Waals surface area contributed by atoms with Crippen molar-refractivity contribution in [2.24, 2.45) is 0 Å². The van der Waals surface area contributed by atoms with Crippen molar-refractivity contribution in [3.8, 4) is 5.75 Å². The summed E-state index contributed by atoms with van der Waals surface area (Å²) in [7, 11) is 3.35. The van der Waals surface area contributed by atoms with Crippen LogP contribution >= 0.6 is 0 Å². The van der Waals surface area contributed by atoms with Crippen LogP contribution in [0.25, 0.3) is 0 Å². The van der Waals surface area contributed by atoms with E-state index in [-0.39, 0.29) is 11.7 Å². The molecule has 1 amide bonds. The van der Waals surface area contributed by atoms with Crippen molar-refractivity contribution in [2.45, 2.75) is 6.10 Å². The molecule has 28 heavy (non-hydrogen) atoms. The molecule has 0 saturated carbocycles. The molecule has 0 unspecified atom stereocenters. The highest BCUT2D eigenvalue weighted by Gasteiger charge is 2.24. The van der Waals surface area contributed by atoms with Crippen LogP contribution in [0.2, 0.25) is 0 Å². The van der Waals surface area contributed by atoms with E-state index in [1.54, 1.807) is 38.4 Å². The summed E-state index contributed by atoms with van der Waals surface area (Å²) in [4.78, 5) is 26.5. The van der Waals surface area contributed by atoms with Crippen LogP contribution in [0, 0.1) is 5.82 Å². The zero-order valence-corrected chi connectivity index (χ0v) is 15.6. The van der Waals surface area contributed by atoms with Crippen LogP contribution in [0.5, 0.6) is 5.75 Å². The molecule has 0 spiro atoms. The van der Waals surface area contributed by atoms with Crippen LogP contribution in [-0.4, -0.2) is 30.7 Å². The summed E-state index contributed by atoms with van der Waals surface area (Å²) in [6.45, 7) is 0. The maximum atomic E-state index is 13.0. The van der Waals surface area contributed by atoms with Gasteiger partial charge in [0.15, 0.2) is 5.78 Å². The lowest BCUT2D eigenvalue weighted by atomic mass is 10.0. The van der Waals surface area contributed by atoms with Crippen LogP contribution in [0.1, 0.15) is 27.6 Å². The number of carbonyl (C=O) groups is 2. The zero-order valence-electron chi connectivity index (χ0n) is 15.6. The van der Waals surface area contributed by atoms with Crippen molar-refractivity contribution in [3.05, 3.63) is 101 Å². The molecule has 0 fully saturated rings. The minimum atomic E-state index is -0.783. The van der Waals surface area contributed by atoms with Gasteiger partial charge in [0, 0.05) is 30.8 Å². The first-order chi connectivity index (χ1) is 13.5. The van der Waals surface area contributed by atoms with Gasteiger partial charge in [0.2, 0.25) is 6.10 Å². The van der Waals surface area contributed by atoms with E-state index in [1.165, 1.54) is 29.2 Å². The molecule has 0 aliphatic rings. The molecule has 0 N–H and O–H groups in total. The number of amides is 1. The smallest absolute Gasteiger partial charge is 0.267 e. The van der Waals surface area contributed by atoms with E-state index in [2.05, 4.69) is 0 Å². The summed E-state index contributed by atoms with van der Waals surface area (Å²) in [5.41, 5.74) is 1.60. The van der Waals surface area contributed by atoms with Gasteiger partial charge in [-0.2, -0.15) is 0 Å². The maximum Gasteiger partial charge on any atom is 0.267 e. The van der Waals surface area contributed by atoms with Gasteiger partial charge in [-0.1, -0.05) is 30.3 Å². The van der Waals surface area contributed by atoms with Crippen molar-refractivity contribution in [2.75, 3.05) is 14.1 Å². The van der Waals surface area contributed by atoms with Gasteiger partial charge in [0.1, 0.15) is 11.6 Å². The van der Waals surface area contributed by atoms with Crippen LogP contribution in [0.4, 0.5) is 4.39 Å². The second-order valence-corrected chi connectivity index (χ2v) is 6.50. The topological polar surface area (TPSA) is 46.6 Å². The Labute approximate surface area is 163 Å². The molecule has 0 radical (unpaired) electrons. The van der Waals surface area contributed by atoms with E-state index >= 15 is 0 Å². The number of ether oxygens (including phenoxy) is 1. The summed E-state index contributed by atoms with van der Waals surface area (Å²) < 4.78 is 19.0. The first-order valence-corrected chi connectivity index (χ1v) is 8.79. The Balaban J connectivity index is 1.80. The fraction of sp³-hybridized carbons (Fsp3) is 0.130. The Hall–Kier alpha value is -3.47. The highest BCUT2D eigenvalue weighted by Crippen LogP contribution is 2.24. The number of halogens is 1. The minimum Gasteiger partial charge on any atom is -0.476 e. The molecule has 0 saturated heterocycles. The summed E-state index contributed by atoms with van der Waals surface area (Å²) in [5, 5.41) is 0. The van der Waals surface area contributed by atoms with Gasteiger partial charge in [-0.3, -0.25) is 9.59 Å². The number of hydrogen-bond donors (Lipinski definition) is 0. The Kier molecular flexibility index (Phi) is 5.84. The second kappa shape index (κ2) is 8.48. The summed E-state index contributed by atoms with van der Waals surface area (Å²) in [5.74, 6) is -0.314. The van der Waals surface area contributed by atoms with Gasteiger partial charge in [-0.05, 0) is 48.5 Å². The number of likely N-dealkylation sites (N-methyl/N-ethyl adjacent to an activating group) is 1. The molecule has 3 aromatic carbocycles. The first kappa shape index (κ1) is 19.3. The molecule has 0 heterocycles. The van der Waals surface area contributed by atoms with Crippen LogP contribution < -0.4 is 4.74 Å². The molecule has 0 aromatic heterocycles. The van der Waals surface area contributed by atoms with Crippen LogP contribution in [0.3, 0.4) is 0 Å². The number of nitrogens with zero attached hydrogens (tertiary/aromatic N) is 1. The lowest BCUT2D eigenvalue weighted by Gasteiger charge is -2.22. The van der Waals surface area contributed by atoms with Crippen molar-refractivity contribution in [1.82, 2.24) is 4.90 Å². The van der Waals surface area contributed by atoms with Gasteiger partial charge in [0.05, 0.1) is 0 Å².